The Labute approximate surface area is 101 Å². The molecule has 0 spiro atoms. The summed E-state index contributed by atoms with van der Waals surface area (Å²) in [5, 5.41) is 7.38. The van der Waals surface area contributed by atoms with Crippen molar-refractivity contribution in [3.63, 3.8) is 0 Å². The van der Waals surface area contributed by atoms with Crippen molar-refractivity contribution in [3.8, 4) is 5.88 Å². The third-order valence-electron chi connectivity index (χ3n) is 2.69. The molecule has 6 heteroatoms. The lowest BCUT2D eigenvalue weighted by molar-refractivity contribution is 0.110. The number of nitrogen functional groups attached to an aromatic ring is 1. The smallest absolute Gasteiger partial charge is 0.243 e. The molecule has 0 bridgehead atoms. The first-order valence-corrected chi connectivity index (χ1v) is 5.30. The lowest BCUT2D eigenvalue weighted by atomic mass is 10.1. The minimum atomic E-state index is -0.143. The Morgan fingerprint density at radius 3 is 2.53 bits per heavy atom. The molecule has 1 rings (SSSR count). The van der Waals surface area contributed by atoms with Gasteiger partial charge in [0.05, 0.1) is 0 Å². The Bertz CT molecular complexity index is 403. The lowest BCUT2D eigenvalue weighted by Crippen LogP contribution is -2.43. The van der Waals surface area contributed by atoms with E-state index in [-0.39, 0.29) is 17.1 Å². The highest BCUT2D eigenvalue weighted by atomic mass is 16.5. The molecule has 0 radical (unpaired) electrons. The molecule has 0 saturated heterocycles. The average Bonchev–Trinajstić information content (AvgIpc) is 2.26. The minimum Gasteiger partial charge on any atom is -0.474 e. The second-order valence-corrected chi connectivity index (χ2v) is 4.62. The van der Waals surface area contributed by atoms with Crippen LogP contribution in [-0.4, -0.2) is 46.9 Å². The molecule has 1 aromatic rings. The van der Waals surface area contributed by atoms with Gasteiger partial charge in [0.2, 0.25) is 5.88 Å². The Morgan fingerprint density at radius 2 is 2.00 bits per heavy atom. The number of nitrogens with one attached hydrogen (secondary N) is 1. The summed E-state index contributed by atoms with van der Waals surface area (Å²) >= 11 is 0. The Balaban J connectivity index is 2.79. The molecular weight excluding hydrogens is 218 g/mol. The molecule has 0 amide bonds. The quantitative estimate of drug-likeness (QED) is 0.574. The second kappa shape index (κ2) is 5.09. The van der Waals surface area contributed by atoms with Crippen molar-refractivity contribution in [3.05, 3.63) is 18.1 Å². The summed E-state index contributed by atoms with van der Waals surface area (Å²) in [5.41, 5.74) is 5.55. The van der Waals surface area contributed by atoms with Crippen molar-refractivity contribution >= 4 is 5.84 Å². The number of nitrogens with zero attached hydrogens (tertiary/aromatic N) is 3. The molecule has 3 N–H and O–H groups in total. The summed E-state index contributed by atoms with van der Waals surface area (Å²) in [4.78, 5) is 10.1. The molecule has 0 aromatic carbocycles. The minimum absolute atomic E-state index is 0.133. The summed E-state index contributed by atoms with van der Waals surface area (Å²) in [6, 6.07) is 0. The first-order chi connectivity index (χ1) is 7.84. The van der Waals surface area contributed by atoms with Crippen LogP contribution in [0.4, 0.5) is 0 Å². The number of nitrogens with two attached hydrogens (primary N) is 1. The summed E-state index contributed by atoms with van der Waals surface area (Å²) in [7, 11) is 3.96. The zero-order chi connectivity index (χ0) is 13.1. The number of amidine groups is 1. The normalized spacial score (nSPS) is 11.6. The predicted molar refractivity (Wildman–Crippen MR) is 66.3 cm³/mol. The molecule has 0 aliphatic heterocycles. The molecule has 1 aromatic heterocycles. The summed E-state index contributed by atoms with van der Waals surface area (Å²) in [5.74, 6) is 0.158. The van der Waals surface area contributed by atoms with Gasteiger partial charge in [0.1, 0.15) is 12.4 Å². The van der Waals surface area contributed by atoms with Crippen LogP contribution in [0.25, 0.3) is 0 Å². The van der Waals surface area contributed by atoms with E-state index < -0.39 is 0 Å². The first kappa shape index (κ1) is 13.4. The fraction of sp³-hybridized carbons (Fsp3) is 0.545. The SMILES string of the molecule is CN(C)C(C)(C)COc1nccnc1C(=N)N. The van der Waals surface area contributed by atoms with Gasteiger partial charge < -0.3 is 15.4 Å². The first-order valence-electron chi connectivity index (χ1n) is 5.30. The topological polar surface area (TPSA) is 88.1 Å². The van der Waals surface area contributed by atoms with Gasteiger partial charge in [-0.2, -0.15) is 0 Å². The van der Waals surface area contributed by atoms with Gasteiger partial charge in [0, 0.05) is 17.9 Å². The van der Waals surface area contributed by atoms with E-state index in [1.54, 1.807) is 0 Å². The van der Waals surface area contributed by atoms with Crippen molar-refractivity contribution in [1.29, 1.82) is 5.41 Å². The van der Waals surface area contributed by atoms with Gasteiger partial charge in [-0.1, -0.05) is 0 Å². The van der Waals surface area contributed by atoms with Crippen molar-refractivity contribution in [2.75, 3.05) is 20.7 Å². The van der Waals surface area contributed by atoms with Crippen molar-refractivity contribution in [2.24, 2.45) is 5.73 Å². The van der Waals surface area contributed by atoms with E-state index in [1.807, 2.05) is 14.1 Å². The van der Waals surface area contributed by atoms with Gasteiger partial charge in [0.25, 0.3) is 0 Å². The summed E-state index contributed by atoms with van der Waals surface area (Å²) in [6.07, 6.45) is 3.01. The molecule has 0 unspecified atom stereocenters. The Kier molecular flexibility index (Phi) is 4.01. The highest BCUT2D eigenvalue weighted by molar-refractivity contribution is 5.94. The fourth-order valence-electron chi connectivity index (χ4n) is 0.990. The van der Waals surface area contributed by atoms with Crippen molar-refractivity contribution in [2.45, 2.75) is 19.4 Å². The number of hydrogen-bond acceptors (Lipinski definition) is 5. The largest absolute Gasteiger partial charge is 0.474 e. The van der Waals surface area contributed by atoms with E-state index in [4.69, 9.17) is 15.9 Å². The number of ether oxygens (including phenoxy) is 1. The predicted octanol–water partition coefficient (Wildman–Crippen LogP) is 0.480. The molecule has 0 aliphatic carbocycles. The van der Waals surface area contributed by atoms with Gasteiger partial charge in [-0.15, -0.1) is 0 Å². The Morgan fingerprint density at radius 1 is 1.41 bits per heavy atom. The van der Waals surface area contributed by atoms with Crippen LogP contribution in [0.15, 0.2) is 12.4 Å². The number of aromatic nitrogens is 2. The average molecular weight is 237 g/mol. The zero-order valence-corrected chi connectivity index (χ0v) is 10.7. The summed E-state index contributed by atoms with van der Waals surface area (Å²) in [6.45, 7) is 4.55. The Hall–Kier alpha value is -1.69. The van der Waals surface area contributed by atoms with Crippen LogP contribution in [0.2, 0.25) is 0 Å². The molecule has 94 valence electrons. The molecule has 6 nitrogen and oxygen atoms in total. The van der Waals surface area contributed by atoms with E-state index in [9.17, 15) is 0 Å². The fourth-order valence-corrected chi connectivity index (χ4v) is 0.990. The number of likely N-dealkylation sites (N-methyl/N-ethyl adjacent to an activating group) is 1. The van der Waals surface area contributed by atoms with Gasteiger partial charge in [-0.25, -0.2) is 9.97 Å². The monoisotopic (exact) mass is 237 g/mol. The van der Waals surface area contributed by atoms with Gasteiger partial charge in [0.15, 0.2) is 5.69 Å². The van der Waals surface area contributed by atoms with E-state index in [2.05, 4.69) is 28.7 Å². The van der Waals surface area contributed by atoms with E-state index in [1.165, 1.54) is 12.4 Å². The van der Waals surface area contributed by atoms with Gasteiger partial charge in [-0.05, 0) is 27.9 Å². The maximum Gasteiger partial charge on any atom is 0.243 e. The summed E-state index contributed by atoms with van der Waals surface area (Å²) < 4.78 is 5.59. The molecule has 0 saturated carbocycles. The third-order valence-corrected chi connectivity index (χ3v) is 2.69. The van der Waals surface area contributed by atoms with Crippen LogP contribution in [0.5, 0.6) is 5.88 Å². The molecular formula is C11H19N5O. The lowest BCUT2D eigenvalue weighted by Gasteiger charge is -2.32. The van der Waals surface area contributed by atoms with Crippen LogP contribution in [0.1, 0.15) is 19.5 Å². The number of rotatable bonds is 5. The molecule has 17 heavy (non-hydrogen) atoms. The standard InChI is InChI=1S/C11H19N5O/c1-11(2,16(3)4)7-17-10-8(9(12)13)14-5-6-15-10/h5-6H,7H2,1-4H3,(H3,12,13). The highest BCUT2D eigenvalue weighted by Crippen LogP contribution is 2.15. The second-order valence-electron chi connectivity index (χ2n) is 4.62. The van der Waals surface area contributed by atoms with Crippen LogP contribution in [0.3, 0.4) is 0 Å². The molecule has 1 heterocycles. The third kappa shape index (κ3) is 3.39. The van der Waals surface area contributed by atoms with E-state index >= 15 is 0 Å². The van der Waals surface area contributed by atoms with E-state index in [0.29, 0.717) is 12.5 Å². The maximum atomic E-state index is 7.38. The van der Waals surface area contributed by atoms with Crippen LogP contribution in [-0.2, 0) is 0 Å². The van der Waals surface area contributed by atoms with Crippen LogP contribution in [0, 0.1) is 5.41 Å². The zero-order valence-electron chi connectivity index (χ0n) is 10.7. The molecule has 0 aliphatic rings. The van der Waals surface area contributed by atoms with Crippen molar-refractivity contribution in [1.82, 2.24) is 14.9 Å². The molecule has 0 fully saturated rings. The molecule has 0 atom stereocenters. The van der Waals surface area contributed by atoms with Crippen molar-refractivity contribution < 1.29 is 4.74 Å². The van der Waals surface area contributed by atoms with Crippen LogP contribution >= 0.6 is 0 Å². The maximum absolute atomic E-state index is 7.38. The van der Waals surface area contributed by atoms with E-state index in [0.717, 1.165) is 0 Å². The number of hydrogen-bond donors (Lipinski definition) is 2. The highest BCUT2D eigenvalue weighted by Gasteiger charge is 2.22. The van der Waals surface area contributed by atoms with Gasteiger partial charge in [-0.3, -0.25) is 5.41 Å². The van der Waals surface area contributed by atoms with Crippen LogP contribution < -0.4 is 10.5 Å². The van der Waals surface area contributed by atoms with Gasteiger partial charge >= 0.3 is 0 Å².